The number of morpholine rings is 1. The van der Waals surface area contributed by atoms with Gasteiger partial charge >= 0.3 is 0 Å². The SMILES string of the molecule is O=C(C1=CCCCC1)N1CCO[C@H]2[C@H](OCc3ccncc3)CC[C@@H]21. The van der Waals surface area contributed by atoms with Crippen LogP contribution in [0.3, 0.4) is 0 Å². The quantitative estimate of drug-likeness (QED) is 0.844. The summed E-state index contributed by atoms with van der Waals surface area (Å²) in [5, 5.41) is 0. The van der Waals surface area contributed by atoms with Gasteiger partial charge < -0.3 is 14.4 Å². The van der Waals surface area contributed by atoms with Gasteiger partial charge in [0.1, 0.15) is 6.10 Å². The zero-order chi connectivity index (χ0) is 17.1. The van der Waals surface area contributed by atoms with Crippen molar-refractivity contribution in [3.63, 3.8) is 0 Å². The lowest BCUT2D eigenvalue weighted by Crippen LogP contribution is -2.54. The number of carbonyl (C=O) groups excluding carboxylic acids is 1. The molecule has 25 heavy (non-hydrogen) atoms. The van der Waals surface area contributed by atoms with Gasteiger partial charge in [0.15, 0.2) is 0 Å². The summed E-state index contributed by atoms with van der Waals surface area (Å²) in [6.45, 7) is 1.88. The van der Waals surface area contributed by atoms with Crippen molar-refractivity contribution >= 4 is 5.91 Å². The third kappa shape index (κ3) is 3.62. The molecule has 0 spiro atoms. The van der Waals surface area contributed by atoms with Crippen molar-refractivity contribution in [2.75, 3.05) is 13.2 Å². The van der Waals surface area contributed by atoms with E-state index in [1.165, 1.54) is 6.42 Å². The van der Waals surface area contributed by atoms with E-state index in [4.69, 9.17) is 9.47 Å². The molecule has 5 heteroatoms. The number of amides is 1. The summed E-state index contributed by atoms with van der Waals surface area (Å²) in [5.74, 6) is 0.229. The smallest absolute Gasteiger partial charge is 0.249 e. The second-order valence-corrected chi connectivity index (χ2v) is 7.16. The average Bonchev–Trinajstić information content (AvgIpc) is 3.10. The Morgan fingerprint density at radius 2 is 2.16 bits per heavy atom. The highest BCUT2D eigenvalue weighted by atomic mass is 16.5. The fraction of sp³-hybridized carbons (Fsp3) is 0.600. The van der Waals surface area contributed by atoms with Crippen molar-refractivity contribution in [1.82, 2.24) is 9.88 Å². The Labute approximate surface area is 149 Å². The third-order valence-electron chi connectivity index (χ3n) is 5.58. The third-order valence-corrected chi connectivity index (χ3v) is 5.58. The van der Waals surface area contributed by atoms with E-state index >= 15 is 0 Å². The van der Waals surface area contributed by atoms with E-state index in [-0.39, 0.29) is 24.2 Å². The van der Waals surface area contributed by atoms with E-state index in [0.717, 1.165) is 43.2 Å². The first kappa shape index (κ1) is 16.7. The molecule has 2 fully saturated rings. The van der Waals surface area contributed by atoms with Gasteiger partial charge in [-0.05, 0) is 56.2 Å². The zero-order valence-corrected chi connectivity index (χ0v) is 14.6. The van der Waals surface area contributed by atoms with Gasteiger partial charge in [-0.3, -0.25) is 9.78 Å². The Kier molecular flexibility index (Phi) is 5.13. The number of aromatic nitrogens is 1. The van der Waals surface area contributed by atoms with Crippen molar-refractivity contribution in [3.8, 4) is 0 Å². The molecule has 5 nitrogen and oxygen atoms in total. The summed E-state index contributed by atoms with van der Waals surface area (Å²) < 4.78 is 12.1. The number of allylic oxidation sites excluding steroid dienone is 1. The Hall–Kier alpha value is -1.72. The highest BCUT2D eigenvalue weighted by Crippen LogP contribution is 2.34. The summed E-state index contributed by atoms with van der Waals surface area (Å²) in [7, 11) is 0. The van der Waals surface area contributed by atoms with E-state index < -0.39 is 0 Å². The Morgan fingerprint density at radius 3 is 2.96 bits per heavy atom. The lowest BCUT2D eigenvalue weighted by atomic mass is 9.97. The number of ether oxygens (including phenoxy) is 2. The molecular weight excluding hydrogens is 316 g/mol. The van der Waals surface area contributed by atoms with Gasteiger partial charge in [-0.1, -0.05) is 6.08 Å². The molecule has 0 aromatic carbocycles. The Balaban J connectivity index is 1.40. The topological polar surface area (TPSA) is 51.7 Å². The van der Waals surface area contributed by atoms with Crippen LogP contribution in [-0.2, 0) is 20.9 Å². The van der Waals surface area contributed by atoms with Gasteiger partial charge in [0.25, 0.3) is 0 Å². The van der Waals surface area contributed by atoms with Crippen LogP contribution in [-0.4, -0.2) is 47.2 Å². The molecule has 4 rings (SSSR count). The monoisotopic (exact) mass is 342 g/mol. The molecule has 0 N–H and O–H groups in total. The molecule has 0 unspecified atom stereocenters. The molecule has 0 radical (unpaired) electrons. The maximum atomic E-state index is 12.9. The number of carbonyl (C=O) groups is 1. The summed E-state index contributed by atoms with van der Waals surface area (Å²) in [4.78, 5) is 19.0. The maximum Gasteiger partial charge on any atom is 0.249 e. The van der Waals surface area contributed by atoms with Crippen LogP contribution in [0.25, 0.3) is 0 Å². The van der Waals surface area contributed by atoms with Crippen molar-refractivity contribution in [2.45, 2.75) is 63.4 Å². The molecule has 2 aliphatic carbocycles. The average molecular weight is 342 g/mol. The molecule has 1 aliphatic heterocycles. The van der Waals surface area contributed by atoms with Crippen LogP contribution >= 0.6 is 0 Å². The molecule has 0 bridgehead atoms. The van der Waals surface area contributed by atoms with Gasteiger partial charge in [0.2, 0.25) is 5.91 Å². The normalized spacial score (nSPS) is 29.2. The molecule has 1 saturated heterocycles. The van der Waals surface area contributed by atoms with E-state index in [1.54, 1.807) is 12.4 Å². The molecule has 1 aromatic heterocycles. The second-order valence-electron chi connectivity index (χ2n) is 7.16. The lowest BCUT2D eigenvalue weighted by Gasteiger charge is -2.39. The minimum Gasteiger partial charge on any atom is -0.372 e. The van der Waals surface area contributed by atoms with Crippen molar-refractivity contribution in [2.24, 2.45) is 0 Å². The number of rotatable bonds is 4. The van der Waals surface area contributed by atoms with Crippen LogP contribution < -0.4 is 0 Å². The van der Waals surface area contributed by atoms with Crippen LogP contribution in [0.15, 0.2) is 36.2 Å². The van der Waals surface area contributed by atoms with Crippen molar-refractivity contribution < 1.29 is 14.3 Å². The number of fused-ring (bicyclic) bond motifs is 1. The standard InChI is InChI=1S/C20H26N2O3/c23-20(16-4-2-1-3-5-16)22-12-13-24-19-17(22)6-7-18(19)25-14-15-8-10-21-11-9-15/h4,8-11,17-19H,1-3,5-7,12-14H2/t17-,18+,19+/m0/s1. The number of hydrogen-bond donors (Lipinski definition) is 0. The molecular formula is C20H26N2O3. The first-order valence-electron chi connectivity index (χ1n) is 9.45. The van der Waals surface area contributed by atoms with E-state index in [2.05, 4.69) is 16.0 Å². The Bertz CT molecular complexity index is 631. The minimum atomic E-state index is 0.00345. The molecule has 3 aliphatic rings. The summed E-state index contributed by atoms with van der Waals surface area (Å²) in [6.07, 6.45) is 12.0. The summed E-state index contributed by atoms with van der Waals surface area (Å²) >= 11 is 0. The fourth-order valence-electron chi connectivity index (χ4n) is 4.25. The van der Waals surface area contributed by atoms with Gasteiger partial charge in [0.05, 0.1) is 25.4 Å². The van der Waals surface area contributed by atoms with Crippen LogP contribution in [0, 0.1) is 0 Å². The van der Waals surface area contributed by atoms with E-state index in [9.17, 15) is 4.79 Å². The van der Waals surface area contributed by atoms with E-state index in [0.29, 0.717) is 19.8 Å². The molecule has 3 atom stereocenters. The predicted molar refractivity (Wildman–Crippen MR) is 93.8 cm³/mol. The first-order chi connectivity index (χ1) is 12.3. The van der Waals surface area contributed by atoms with Crippen LogP contribution in [0.1, 0.15) is 44.1 Å². The van der Waals surface area contributed by atoms with Crippen LogP contribution in [0.5, 0.6) is 0 Å². The first-order valence-corrected chi connectivity index (χ1v) is 9.45. The lowest BCUT2D eigenvalue weighted by molar-refractivity contribution is -0.148. The molecule has 1 saturated carbocycles. The van der Waals surface area contributed by atoms with E-state index in [1.807, 2.05) is 12.1 Å². The van der Waals surface area contributed by atoms with Crippen molar-refractivity contribution in [3.05, 3.63) is 41.7 Å². The molecule has 1 aromatic rings. The molecule has 134 valence electrons. The minimum absolute atomic E-state index is 0.00345. The number of hydrogen-bond acceptors (Lipinski definition) is 4. The number of pyridine rings is 1. The second kappa shape index (κ2) is 7.67. The number of nitrogens with zero attached hydrogens (tertiary/aromatic N) is 2. The maximum absolute atomic E-state index is 12.9. The van der Waals surface area contributed by atoms with Gasteiger partial charge in [0, 0.05) is 24.5 Å². The Morgan fingerprint density at radius 1 is 1.28 bits per heavy atom. The summed E-state index contributed by atoms with van der Waals surface area (Å²) in [6, 6.07) is 4.10. The van der Waals surface area contributed by atoms with Gasteiger partial charge in [-0.25, -0.2) is 0 Å². The van der Waals surface area contributed by atoms with Gasteiger partial charge in [-0.2, -0.15) is 0 Å². The largest absolute Gasteiger partial charge is 0.372 e. The molecule has 1 amide bonds. The van der Waals surface area contributed by atoms with Crippen molar-refractivity contribution in [1.29, 1.82) is 0 Å². The fourth-order valence-corrected chi connectivity index (χ4v) is 4.25. The highest BCUT2D eigenvalue weighted by molar-refractivity contribution is 5.93. The van der Waals surface area contributed by atoms with Gasteiger partial charge in [-0.15, -0.1) is 0 Å². The molecule has 2 heterocycles. The highest BCUT2D eigenvalue weighted by Gasteiger charge is 2.45. The zero-order valence-electron chi connectivity index (χ0n) is 14.6. The van der Waals surface area contributed by atoms with Crippen LogP contribution in [0.4, 0.5) is 0 Å². The predicted octanol–water partition coefficient (Wildman–Crippen LogP) is 2.86. The summed E-state index contributed by atoms with van der Waals surface area (Å²) in [5.41, 5.74) is 2.13. The van der Waals surface area contributed by atoms with Crippen LogP contribution in [0.2, 0.25) is 0 Å².